The molecule has 0 radical (unpaired) electrons. The summed E-state index contributed by atoms with van der Waals surface area (Å²) < 4.78 is 31.7. The molecule has 0 unspecified atom stereocenters. The standard InChI is InChI=1S/C23H29N3O3S/c1-17(2)16-25-11-9-19(10-12-25)29-20-4-7-23(24-15-20)26-13-8-18-14-21(30(3,27)28)5-6-22(18)26/h4-8,13-15,17,19H,9-12,16H2,1-3H3. The smallest absolute Gasteiger partial charge is 0.175 e. The van der Waals surface area contributed by atoms with Crippen LogP contribution in [-0.2, 0) is 9.84 Å². The Kier molecular flexibility index (Phi) is 5.84. The van der Waals surface area contributed by atoms with E-state index in [0.29, 0.717) is 10.8 Å². The average molecular weight is 428 g/mol. The molecule has 0 atom stereocenters. The van der Waals surface area contributed by atoms with Gasteiger partial charge in [-0.15, -0.1) is 0 Å². The lowest BCUT2D eigenvalue weighted by atomic mass is 10.1. The maximum Gasteiger partial charge on any atom is 0.175 e. The summed E-state index contributed by atoms with van der Waals surface area (Å²) in [5.74, 6) is 2.26. The number of benzene rings is 1. The van der Waals surface area contributed by atoms with Crippen LogP contribution in [0, 0.1) is 5.92 Å². The van der Waals surface area contributed by atoms with Crippen molar-refractivity contribution in [1.29, 1.82) is 0 Å². The van der Waals surface area contributed by atoms with Crippen molar-refractivity contribution in [2.45, 2.75) is 37.7 Å². The molecule has 6 nitrogen and oxygen atoms in total. The van der Waals surface area contributed by atoms with E-state index in [1.54, 1.807) is 18.3 Å². The highest BCUT2D eigenvalue weighted by molar-refractivity contribution is 7.90. The molecule has 1 saturated heterocycles. The highest BCUT2D eigenvalue weighted by atomic mass is 32.2. The number of aromatic nitrogens is 2. The van der Waals surface area contributed by atoms with Crippen LogP contribution in [0.25, 0.3) is 16.7 Å². The number of likely N-dealkylation sites (tertiary alicyclic amines) is 1. The van der Waals surface area contributed by atoms with Gasteiger partial charge >= 0.3 is 0 Å². The van der Waals surface area contributed by atoms with Crippen molar-refractivity contribution in [2.75, 3.05) is 25.9 Å². The van der Waals surface area contributed by atoms with Gasteiger partial charge in [0.15, 0.2) is 9.84 Å². The zero-order chi connectivity index (χ0) is 21.3. The van der Waals surface area contributed by atoms with Crippen molar-refractivity contribution in [3.8, 4) is 11.6 Å². The number of ether oxygens (including phenoxy) is 1. The van der Waals surface area contributed by atoms with Crippen molar-refractivity contribution in [3.63, 3.8) is 0 Å². The monoisotopic (exact) mass is 427 g/mol. The second-order valence-corrected chi connectivity index (χ2v) is 10.6. The summed E-state index contributed by atoms with van der Waals surface area (Å²) in [5, 5.41) is 0.869. The predicted octanol–water partition coefficient (Wildman–Crippen LogP) is 3.93. The van der Waals surface area contributed by atoms with Gasteiger partial charge in [-0.05, 0) is 55.2 Å². The van der Waals surface area contributed by atoms with Gasteiger partial charge in [0.2, 0.25) is 0 Å². The Hall–Kier alpha value is -2.38. The summed E-state index contributed by atoms with van der Waals surface area (Å²) in [4.78, 5) is 7.41. The van der Waals surface area contributed by atoms with E-state index in [4.69, 9.17) is 4.74 Å². The quantitative estimate of drug-likeness (QED) is 0.596. The minimum atomic E-state index is -3.22. The van der Waals surface area contributed by atoms with Crippen LogP contribution >= 0.6 is 0 Å². The molecule has 0 bridgehead atoms. The van der Waals surface area contributed by atoms with Crippen molar-refractivity contribution in [2.24, 2.45) is 5.92 Å². The minimum absolute atomic E-state index is 0.239. The third-order valence-corrected chi connectivity index (χ3v) is 6.63. The number of sulfone groups is 1. The fourth-order valence-electron chi connectivity index (χ4n) is 4.05. The number of fused-ring (bicyclic) bond motifs is 1. The van der Waals surface area contributed by atoms with Gasteiger partial charge in [0.1, 0.15) is 17.7 Å². The number of piperidine rings is 1. The number of rotatable bonds is 6. The lowest BCUT2D eigenvalue weighted by molar-refractivity contribution is 0.0938. The van der Waals surface area contributed by atoms with E-state index >= 15 is 0 Å². The van der Waals surface area contributed by atoms with E-state index in [2.05, 4.69) is 23.7 Å². The molecule has 3 aromatic rings. The van der Waals surface area contributed by atoms with Crippen LogP contribution in [0.2, 0.25) is 0 Å². The lowest BCUT2D eigenvalue weighted by Crippen LogP contribution is -2.39. The first-order valence-electron chi connectivity index (χ1n) is 10.5. The Balaban J connectivity index is 1.44. The molecule has 4 rings (SSSR count). The molecule has 2 aromatic heterocycles. The Bertz CT molecular complexity index is 1110. The third-order valence-electron chi connectivity index (χ3n) is 5.52. The molecule has 1 aliphatic heterocycles. The Morgan fingerprint density at radius 3 is 2.53 bits per heavy atom. The van der Waals surface area contributed by atoms with Crippen molar-refractivity contribution in [1.82, 2.24) is 14.5 Å². The molecule has 1 aromatic carbocycles. The van der Waals surface area contributed by atoms with Gasteiger partial charge in [0, 0.05) is 37.5 Å². The van der Waals surface area contributed by atoms with Gasteiger partial charge in [-0.1, -0.05) is 13.8 Å². The molecule has 1 fully saturated rings. The summed E-state index contributed by atoms with van der Waals surface area (Å²) in [5.41, 5.74) is 0.918. The van der Waals surface area contributed by atoms with Crippen molar-refractivity contribution >= 4 is 20.7 Å². The summed E-state index contributed by atoms with van der Waals surface area (Å²) in [6.07, 6.45) is 7.22. The fraction of sp³-hybridized carbons (Fsp3) is 0.435. The summed E-state index contributed by atoms with van der Waals surface area (Å²) in [6, 6.07) is 11.0. The van der Waals surface area contributed by atoms with Crippen molar-refractivity contribution < 1.29 is 13.2 Å². The van der Waals surface area contributed by atoms with E-state index in [1.165, 1.54) is 6.26 Å². The SMILES string of the molecule is CC(C)CN1CCC(Oc2ccc(-n3ccc4cc(S(C)(=O)=O)ccc43)nc2)CC1. The molecule has 3 heterocycles. The normalized spacial score (nSPS) is 16.4. The first-order valence-corrected chi connectivity index (χ1v) is 12.4. The molecule has 0 spiro atoms. The topological polar surface area (TPSA) is 64.4 Å². The van der Waals surface area contributed by atoms with Crippen LogP contribution in [0.3, 0.4) is 0 Å². The molecule has 0 aliphatic carbocycles. The lowest BCUT2D eigenvalue weighted by Gasteiger charge is -2.33. The van der Waals surface area contributed by atoms with Gasteiger partial charge in [0.25, 0.3) is 0 Å². The van der Waals surface area contributed by atoms with Crippen molar-refractivity contribution in [3.05, 3.63) is 48.8 Å². The minimum Gasteiger partial charge on any atom is -0.489 e. The first-order chi connectivity index (χ1) is 14.3. The molecular weight excluding hydrogens is 398 g/mol. The van der Waals surface area contributed by atoms with Gasteiger partial charge < -0.3 is 14.2 Å². The third kappa shape index (κ3) is 4.68. The predicted molar refractivity (Wildman–Crippen MR) is 119 cm³/mol. The Labute approximate surface area is 178 Å². The summed E-state index contributed by atoms with van der Waals surface area (Å²) in [6.45, 7) is 7.83. The molecule has 7 heteroatoms. The molecule has 0 N–H and O–H groups in total. The molecule has 0 amide bonds. The van der Waals surface area contributed by atoms with Crippen LogP contribution < -0.4 is 4.74 Å². The van der Waals surface area contributed by atoms with Crippen LogP contribution in [0.5, 0.6) is 5.75 Å². The van der Waals surface area contributed by atoms with Gasteiger partial charge in [0.05, 0.1) is 16.6 Å². The largest absolute Gasteiger partial charge is 0.489 e. The zero-order valence-corrected chi connectivity index (χ0v) is 18.6. The fourth-order valence-corrected chi connectivity index (χ4v) is 4.71. The van der Waals surface area contributed by atoms with Crippen LogP contribution in [0.4, 0.5) is 0 Å². The van der Waals surface area contributed by atoms with Crippen LogP contribution in [0.1, 0.15) is 26.7 Å². The number of hydrogen-bond acceptors (Lipinski definition) is 5. The average Bonchev–Trinajstić information content (AvgIpc) is 3.12. The summed E-state index contributed by atoms with van der Waals surface area (Å²) in [7, 11) is -3.22. The van der Waals surface area contributed by atoms with E-state index in [1.807, 2.05) is 35.0 Å². The number of nitrogens with zero attached hydrogens (tertiary/aromatic N) is 3. The van der Waals surface area contributed by atoms with Gasteiger partial charge in [-0.2, -0.15) is 0 Å². The Morgan fingerprint density at radius 1 is 1.13 bits per heavy atom. The first kappa shape index (κ1) is 20.9. The zero-order valence-electron chi connectivity index (χ0n) is 17.8. The second kappa shape index (κ2) is 8.40. The maximum atomic E-state index is 11.8. The number of hydrogen-bond donors (Lipinski definition) is 0. The van der Waals surface area contributed by atoms with Gasteiger partial charge in [-0.25, -0.2) is 13.4 Å². The van der Waals surface area contributed by atoms with E-state index in [9.17, 15) is 8.42 Å². The van der Waals surface area contributed by atoms with E-state index < -0.39 is 9.84 Å². The number of pyridine rings is 1. The molecule has 1 aliphatic rings. The van der Waals surface area contributed by atoms with Crippen LogP contribution in [-0.4, -0.2) is 54.9 Å². The Morgan fingerprint density at radius 2 is 1.90 bits per heavy atom. The summed E-state index contributed by atoms with van der Waals surface area (Å²) >= 11 is 0. The maximum absolute atomic E-state index is 11.8. The highest BCUT2D eigenvalue weighted by Crippen LogP contribution is 2.24. The molecular formula is C23H29N3O3S. The van der Waals surface area contributed by atoms with E-state index in [-0.39, 0.29) is 6.10 Å². The van der Waals surface area contributed by atoms with E-state index in [0.717, 1.165) is 54.9 Å². The van der Waals surface area contributed by atoms with Gasteiger partial charge in [-0.3, -0.25) is 0 Å². The second-order valence-electron chi connectivity index (χ2n) is 8.54. The van der Waals surface area contributed by atoms with Crippen LogP contribution in [0.15, 0.2) is 53.7 Å². The highest BCUT2D eigenvalue weighted by Gasteiger charge is 2.21. The molecule has 0 saturated carbocycles. The molecule has 30 heavy (non-hydrogen) atoms. The molecule has 160 valence electrons.